The van der Waals surface area contributed by atoms with Crippen LogP contribution in [0.25, 0.3) is 11.1 Å². The molecule has 1 unspecified atom stereocenters. The Kier molecular flexibility index (Phi) is 10.5. The second kappa shape index (κ2) is 13.8. The Morgan fingerprint density at radius 2 is 1.80 bits per heavy atom. The summed E-state index contributed by atoms with van der Waals surface area (Å²) in [6.07, 6.45) is 8.93. The van der Waals surface area contributed by atoms with Gasteiger partial charge < -0.3 is 10.1 Å². The highest BCUT2D eigenvalue weighted by atomic mass is 35.5. The lowest BCUT2D eigenvalue weighted by Gasteiger charge is -2.22. The highest BCUT2D eigenvalue weighted by molar-refractivity contribution is 6.31. The maximum Gasteiger partial charge on any atom is 0.252 e. The van der Waals surface area contributed by atoms with Crippen LogP contribution in [0.1, 0.15) is 49.2 Å². The molecule has 0 saturated heterocycles. The van der Waals surface area contributed by atoms with E-state index in [2.05, 4.69) is 11.9 Å². The molecule has 0 fully saturated rings. The van der Waals surface area contributed by atoms with Crippen LogP contribution < -0.4 is 15.6 Å². The number of halogens is 1. The lowest BCUT2D eigenvalue weighted by atomic mass is 9.92. The van der Waals surface area contributed by atoms with Gasteiger partial charge in [0.05, 0.1) is 13.3 Å². The number of nitrogens with zero attached hydrogens (tertiary/aromatic N) is 1. The van der Waals surface area contributed by atoms with E-state index in [0.29, 0.717) is 33.1 Å². The van der Waals surface area contributed by atoms with Gasteiger partial charge >= 0.3 is 0 Å². The zero-order valence-corrected chi connectivity index (χ0v) is 24.3. The summed E-state index contributed by atoms with van der Waals surface area (Å²) in [7, 11) is 1.48. The van der Waals surface area contributed by atoms with Crippen LogP contribution >= 0.6 is 11.6 Å². The van der Waals surface area contributed by atoms with Crippen molar-refractivity contribution in [1.82, 2.24) is 4.57 Å². The van der Waals surface area contributed by atoms with Gasteiger partial charge in [0, 0.05) is 40.2 Å². The number of anilines is 1. The van der Waals surface area contributed by atoms with E-state index in [9.17, 15) is 14.4 Å². The number of amides is 1. The molecule has 1 atom stereocenters. The van der Waals surface area contributed by atoms with Crippen LogP contribution in [0.5, 0.6) is 5.75 Å². The maximum absolute atomic E-state index is 13.7. The fourth-order valence-electron chi connectivity index (χ4n) is 4.29. The molecule has 0 aliphatic rings. The highest BCUT2D eigenvalue weighted by Crippen LogP contribution is 2.35. The lowest BCUT2D eigenvalue weighted by molar-refractivity contribution is -0.119. The van der Waals surface area contributed by atoms with Crippen LogP contribution in [-0.2, 0) is 4.79 Å². The number of carbonyl (C=O) groups is 2. The molecule has 3 rings (SSSR count). The van der Waals surface area contributed by atoms with E-state index in [4.69, 9.17) is 16.3 Å². The number of aromatic nitrogens is 1. The van der Waals surface area contributed by atoms with Crippen molar-refractivity contribution in [3.63, 3.8) is 0 Å². The molecule has 1 aromatic heterocycles. The SMILES string of the molecule is C=C/C=C\C(=C/C)CC(C(=O)Nc1ccc(C)cc1)n1cc(OC)c(-c2cc(Cl)ccc2C(=O)C(C)C)cc1=O. The van der Waals surface area contributed by atoms with Crippen molar-refractivity contribution in [1.29, 1.82) is 0 Å². The third kappa shape index (κ3) is 7.27. The molecule has 2 aromatic carbocycles. The van der Waals surface area contributed by atoms with Crippen molar-refractivity contribution in [2.24, 2.45) is 5.92 Å². The third-order valence-corrected chi connectivity index (χ3v) is 6.76. The first-order valence-electron chi connectivity index (χ1n) is 13.1. The van der Waals surface area contributed by atoms with Crippen LogP contribution in [0.15, 0.2) is 96.0 Å². The first-order valence-corrected chi connectivity index (χ1v) is 13.4. The molecular weight excluding hydrogens is 524 g/mol. The number of rotatable bonds is 11. The van der Waals surface area contributed by atoms with Crippen molar-refractivity contribution in [2.45, 2.75) is 40.2 Å². The van der Waals surface area contributed by atoms with Gasteiger partial charge in [0.15, 0.2) is 5.78 Å². The predicted octanol–water partition coefficient (Wildman–Crippen LogP) is 7.58. The Labute approximate surface area is 240 Å². The van der Waals surface area contributed by atoms with E-state index in [-0.39, 0.29) is 24.0 Å². The molecule has 0 bridgehead atoms. The number of Topliss-reactive ketones (excluding diaryl/α,β-unsaturated/α-hetero) is 1. The Morgan fingerprint density at radius 1 is 1.10 bits per heavy atom. The number of benzene rings is 2. The van der Waals surface area contributed by atoms with Crippen LogP contribution in [0.2, 0.25) is 5.02 Å². The number of ether oxygens (including phenoxy) is 1. The van der Waals surface area contributed by atoms with E-state index in [1.54, 1.807) is 30.4 Å². The molecule has 0 spiro atoms. The second-order valence-electron chi connectivity index (χ2n) is 9.74. The molecule has 0 radical (unpaired) electrons. The predicted molar refractivity (Wildman–Crippen MR) is 163 cm³/mol. The number of hydrogen-bond donors (Lipinski definition) is 1. The van der Waals surface area contributed by atoms with E-state index in [1.165, 1.54) is 23.9 Å². The first kappa shape index (κ1) is 30.4. The summed E-state index contributed by atoms with van der Waals surface area (Å²) in [5, 5.41) is 3.36. The molecule has 40 heavy (non-hydrogen) atoms. The van der Waals surface area contributed by atoms with Crippen LogP contribution in [0.4, 0.5) is 5.69 Å². The Bertz CT molecular complexity index is 1510. The number of methoxy groups -OCH3 is 1. The van der Waals surface area contributed by atoms with Crippen LogP contribution in [0, 0.1) is 12.8 Å². The van der Waals surface area contributed by atoms with Crippen LogP contribution in [-0.4, -0.2) is 23.4 Å². The zero-order chi connectivity index (χ0) is 29.4. The normalized spacial score (nSPS) is 12.4. The molecule has 0 aliphatic carbocycles. The summed E-state index contributed by atoms with van der Waals surface area (Å²) in [6.45, 7) is 11.2. The van der Waals surface area contributed by atoms with Crippen molar-refractivity contribution >= 4 is 29.0 Å². The largest absolute Gasteiger partial charge is 0.495 e. The van der Waals surface area contributed by atoms with Crippen molar-refractivity contribution in [3.05, 3.63) is 118 Å². The number of ketones is 1. The molecular formula is C33H35ClN2O4. The van der Waals surface area contributed by atoms with Crippen LogP contribution in [0.3, 0.4) is 0 Å². The van der Waals surface area contributed by atoms with Crippen molar-refractivity contribution in [3.8, 4) is 16.9 Å². The van der Waals surface area contributed by atoms with Gasteiger partial charge in [-0.05, 0) is 55.3 Å². The van der Waals surface area contributed by atoms with Gasteiger partial charge in [-0.3, -0.25) is 19.0 Å². The summed E-state index contributed by atoms with van der Waals surface area (Å²) in [5.41, 5.74) is 3.46. The molecule has 6 nitrogen and oxygen atoms in total. The average molecular weight is 559 g/mol. The summed E-state index contributed by atoms with van der Waals surface area (Å²) >= 11 is 6.30. The second-order valence-corrected chi connectivity index (χ2v) is 10.2. The minimum Gasteiger partial charge on any atom is -0.495 e. The zero-order valence-electron chi connectivity index (χ0n) is 23.5. The van der Waals surface area contributed by atoms with Gasteiger partial charge in [-0.2, -0.15) is 0 Å². The lowest BCUT2D eigenvalue weighted by Crippen LogP contribution is -2.33. The number of hydrogen-bond acceptors (Lipinski definition) is 4. The molecule has 208 valence electrons. The fraction of sp³-hybridized carbons (Fsp3) is 0.242. The quantitative estimate of drug-likeness (QED) is 0.194. The first-order chi connectivity index (χ1) is 19.1. The fourth-order valence-corrected chi connectivity index (χ4v) is 4.46. The van der Waals surface area contributed by atoms with Gasteiger partial charge in [0.25, 0.3) is 5.56 Å². The minimum atomic E-state index is -0.895. The number of nitrogens with one attached hydrogen (secondary N) is 1. The number of pyridine rings is 1. The molecule has 1 heterocycles. The van der Waals surface area contributed by atoms with Gasteiger partial charge in [0.2, 0.25) is 5.91 Å². The smallest absolute Gasteiger partial charge is 0.252 e. The Hall–Kier alpha value is -4.16. The Balaban J connectivity index is 2.17. The average Bonchev–Trinajstić information content (AvgIpc) is 2.94. The van der Waals surface area contributed by atoms with E-state index >= 15 is 0 Å². The standard InChI is InChI=1S/C33H35ClN2O4/c1-7-9-10-23(8-2)17-29(33(39)35-25-14-11-22(5)12-15-25)36-20-30(40-6)28(19-31(36)37)27-18-24(34)13-16-26(27)32(38)21(3)4/h7-16,18-21,29H,1,17H2,2-6H3,(H,35,39)/b10-9-,23-8+. The summed E-state index contributed by atoms with van der Waals surface area (Å²) in [5.74, 6) is -0.369. The van der Waals surface area contributed by atoms with E-state index in [1.807, 2.05) is 64.1 Å². The molecule has 1 amide bonds. The molecule has 1 N–H and O–H groups in total. The molecule has 7 heteroatoms. The highest BCUT2D eigenvalue weighted by Gasteiger charge is 2.26. The van der Waals surface area contributed by atoms with Gasteiger partial charge in [0.1, 0.15) is 11.8 Å². The van der Waals surface area contributed by atoms with Crippen molar-refractivity contribution < 1.29 is 14.3 Å². The summed E-state index contributed by atoms with van der Waals surface area (Å²) in [4.78, 5) is 40.3. The maximum atomic E-state index is 13.7. The topological polar surface area (TPSA) is 77.4 Å². The monoisotopic (exact) mass is 558 g/mol. The van der Waals surface area contributed by atoms with E-state index < -0.39 is 11.6 Å². The Morgan fingerprint density at radius 3 is 2.40 bits per heavy atom. The van der Waals surface area contributed by atoms with E-state index in [0.717, 1.165) is 11.1 Å². The van der Waals surface area contributed by atoms with Crippen molar-refractivity contribution in [2.75, 3.05) is 12.4 Å². The van der Waals surface area contributed by atoms with Gasteiger partial charge in [-0.1, -0.05) is 74.0 Å². The number of allylic oxidation sites excluding steroid dienone is 5. The number of aryl methyl sites for hydroxylation is 1. The van der Waals surface area contributed by atoms with Gasteiger partial charge in [-0.25, -0.2) is 0 Å². The molecule has 0 saturated carbocycles. The summed E-state index contributed by atoms with van der Waals surface area (Å²) < 4.78 is 7.07. The number of carbonyl (C=O) groups excluding carboxylic acids is 2. The molecule has 3 aromatic rings. The van der Waals surface area contributed by atoms with Gasteiger partial charge in [-0.15, -0.1) is 0 Å². The summed E-state index contributed by atoms with van der Waals surface area (Å²) in [6, 6.07) is 12.9. The molecule has 0 aliphatic heterocycles. The third-order valence-electron chi connectivity index (χ3n) is 6.53. The minimum absolute atomic E-state index is 0.0834.